The van der Waals surface area contributed by atoms with Gasteiger partial charge in [0.2, 0.25) is 6.33 Å². The van der Waals surface area contributed by atoms with Gasteiger partial charge in [-0.05, 0) is 6.92 Å². The maximum atomic E-state index is 5.71. The summed E-state index contributed by atoms with van der Waals surface area (Å²) in [6, 6.07) is 1.87. The van der Waals surface area contributed by atoms with E-state index in [1.54, 1.807) is 17.2 Å². The van der Waals surface area contributed by atoms with Gasteiger partial charge in [-0.15, -0.1) is 4.98 Å². The number of fused-ring (bicyclic) bond motifs is 1. The third-order valence-corrected chi connectivity index (χ3v) is 1.72. The van der Waals surface area contributed by atoms with E-state index in [1.807, 2.05) is 23.6 Å². The number of aromatic nitrogens is 3. The van der Waals surface area contributed by atoms with Gasteiger partial charge in [0, 0.05) is 6.07 Å². The Kier molecular flexibility index (Phi) is 1.09. The van der Waals surface area contributed by atoms with Crippen LogP contribution in [0.5, 0.6) is 0 Å². The van der Waals surface area contributed by atoms with Crippen LogP contribution in [0.25, 0.3) is 5.65 Å². The van der Waals surface area contributed by atoms with Crippen LogP contribution in [-0.2, 0) is 0 Å². The number of hydrogen-bond acceptors (Lipinski definition) is 2. The highest BCUT2D eigenvalue weighted by Gasteiger charge is 2.06. The van der Waals surface area contributed by atoms with Gasteiger partial charge in [-0.25, -0.2) is 4.40 Å². The van der Waals surface area contributed by atoms with Gasteiger partial charge in [-0.2, -0.15) is 4.68 Å². The quantitative estimate of drug-likeness (QED) is 0.411. The van der Waals surface area contributed by atoms with Crippen molar-refractivity contribution in [1.82, 2.24) is 9.66 Å². The summed E-state index contributed by atoms with van der Waals surface area (Å²) in [5.74, 6) is 5.71. The molecule has 0 saturated heterocycles. The molecule has 2 N–H and O–H groups in total. The van der Waals surface area contributed by atoms with Gasteiger partial charge in [0.15, 0.2) is 0 Å². The van der Waals surface area contributed by atoms with E-state index in [-0.39, 0.29) is 0 Å². The van der Waals surface area contributed by atoms with Crippen molar-refractivity contribution in [2.75, 3.05) is 5.84 Å². The summed E-state index contributed by atoms with van der Waals surface area (Å²) in [7, 11) is 0. The molecule has 0 radical (unpaired) electrons. The van der Waals surface area contributed by atoms with Crippen molar-refractivity contribution < 1.29 is 4.40 Å². The van der Waals surface area contributed by atoms with Crippen LogP contribution in [0.2, 0.25) is 0 Å². The molecule has 2 heterocycles. The molecule has 0 aliphatic rings. The summed E-state index contributed by atoms with van der Waals surface area (Å²) in [4.78, 5) is 3.96. The first-order valence-electron chi connectivity index (χ1n) is 3.37. The highest BCUT2D eigenvalue weighted by molar-refractivity contribution is 5.30. The average molecular weight is 149 g/mol. The number of hydrogen-bond donors (Lipinski definition) is 1. The number of imidazole rings is 1. The van der Waals surface area contributed by atoms with Gasteiger partial charge in [0.25, 0.3) is 5.65 Å². The summed E-state index contributed by atoms with van der Waals surface area (Å²) >= 11 is 0. The van der Waals surface area contributed by atoms with Crippen LogP contribution in [0.15, 0.2) is 24.8 Å². The van der Waals surface area contributed by atoms with Crippen LogP contribution in [0.4, 0.5) is 0 Å². The summed E-state index contributed by atoms with van der Waals surface area (Å²) < 4.78 is 3.51. The van der Waals surface area contributed by atoms with Crippen LogP contribution in [0.1, 0.15) is 5.69 Å². The molecular formula is C7H9N4+. The molecule has 56 valence electrons. The Morgan fingerprint density at radius 3 is 3.18 bits per heavy atom. The highest BCUT2D eigenvalue weighted by atomic mass is 15.3. The standard InChI is InChI=1S/C7H9N4/c1-6-4-10-5-9-3-2-7(10)11(6)8/h2-5H,8H2,1H3/q+1. The zero-order valence-corrected chi connectivity index (χ0v) is 6.23. The second kappa shape index (κ2) is 1.95. The van der Waals surface area contributed by atoms with E-state index in [1.165, 1.54) is 0 Å². The van der Waals surface area contributed by atoms with E-state index in [0.29, 0.717) is 0 Å². The molecule has 0 aromatic carbocycles. The molecule has 0 spiro atoms. The molecule has 2 aromatic rings. The lowest BCUT2D eigenvalue weighted by atomic mass is 10.6. The number of nitrogens with two attached hydrogens (primary N) is 1. The predicted octanol–water partition coefficient (Wildman–Crippen LogP) is -0.356. The first-order valence-corrected chi connectivity index (χ1v) is 3.37. The van der Waals surface area contributed by atoms with Crippen molar-refractivity contribution in [2.45, 2.75) is 6.92 Å². The SMILES string of the molecule is Cc1c[n+]2cnccc2n1N. The summed E-state index contributed by atoms with van der Waals surface area (Å²) in [6.07, 6.45) is 5.38. The minimum Gasteiger partial charge on any atom is -0.291 e. The molecule has 0 atom stereocenters. The summed E-state index contributed by atoms with van der Waals surface area (Å²) in [5, 5.41) is 0. The van der Waals surface area contributed by atoms with Crippen molar-refractivity contribution in [3.05, 3.63) is 30.5 Å². The van der Waals surface area contributed by atoms with E-state index in [4.69, 9.17) is 5.84 Å². The Bertz CT molecular complexity index is 390. The molecule has 0 saturated carbocycles. The molecule has 11 heavy (non-hydrogen) atoms. The monoisotopic (exact) mass is 149 g/mol. The Balaban J connectivity index is 2.92. The lowest BCUT2D eigenvalue weighted by Crippen LogP contribution is -2.21. The van der Waals surface area contributed by atoms with Crippen LogP contribution >= 0.6 is 0 Å². The zero-order valence-electron chi connectivity index (χ0n) is 6.23. The second-order valence-electron chi connectivity index (χ2n) is 2.49. The Labute approximate surface area is 63.9 Å². The van der Waals surface area contributed by atoms with Gasteiger partial charge in [-0.1, -0.05) is 0 Å². The Morgan fingerprint density at radius 1 is 1.64 bits per heavy atom. The minimum atomic E-state index is 0.942. The van der Waals surface area contributed by atoms with Crippen molar-refractivity contribution in [1.29, 1.82) is 0 Å². The largest absolute Gasteiger partial charge is 0.291 e. The van der Waals surface area contributed by atoms with Crippen LogP contribution in [0, 0.1) is 6.92 Å². The second-order valence-corrected chi connectivity index (χ2v) is 2.49. The Hall–Kier alpha value is -1.58. The number of nitrogen functional groups attached to an aromatic ring is 1. The Morgan fingerprint density at radius 2 is 2.45 bits per heavy atom. The third kappa shape index (κ3) is 0.756. The number of nitrogens with zero attached hydrogens (tertiary/aromatic N) is 3. The fraction of sp³-hybridized carbons (Fsp3) is 0.143. The van der Waals surface area contributed by atoms with E-state index in [0.717, 1.165) is 11.3 Å². The van der Waals surface area contributed by atoms with Crippen molar-refractivity contribution >= 4 is 5.65 Å². The normalized spacial score (nSPS) is 10.6. The molecule has 2 aromatic heterocycles. The fourth-order valence-electron chi connectivity index (χ4n) is 1.11. The highest BCUT2D eigenvalue weighted by Crippen LogP contribution is 1.96. The molecule has 2 rings (SSSR count). The average Bonchev–Trinajstić information content (AvgIpc) is 2.30. The molecule has 0 aliphatic carbocycles. The van der Waals surface area contributed by atoms with Crippen LogP contribution in [-0.4, -0.2) is 9.66 Å². The number of rotatable bonds is 0. The van der Waals surface area contributed by atoms with Gasteiger partial charge in [-0.3, -0.25) is 5.84 Å². The van der Waals surface area contributed by atoms with Crippen molar-refractivity contribution in [3.8, 4) is 0 Å². The lowest BCUT2D eigenvalue weighted by Gasteiger charge is -1.87. The summed E-state index contributed by atoms with van der Waals surface area (Å²) in [6.45, 7) is 1.95. The van der Waals surface area contributed by atoms with Gasteiger partial charge >= 0.3 is 0 Å². The molecule has 0 fully saturated rings. The van der Waals surface area contributed by atoms with Crippen LogP contribution in [0.3, 0.4) is 0 Å². The first kappa shape index (κ1) is 6.15. The molecule has 0 bridgehead atoms. The topological polar surface area (TPSA) is 47.9 Å². The molecule has 0 unspecified atom stereocenters. The summed E-state index contributed by atoms with van der Waals surface area (Å²) in [5.41, 5.74) is 1.95. The van der Waals surface area contributed by atoms with E-state index >= 15 is 0 Å². The predicted molar refractivity (Wildman–Crippen MR) is 40.3 cm³/mol. The molecular weight excluding hydrogens is 140 g/mol. The van der Waals surface area contributed by atoms with Crippen molar-refractivity contribution in [2.24, 2.45) is 0 Å². The smallest absolute Gasteiger partial charge is 0.257 e. The third-order valence-electron chi connectivity index (χ3n) is 1.72. The maximum Gasteiger partial charge on any atom is 0.257 e. The number of aryl methyl sites for hydroxylation is 1. The van der Waals surface area contributed by atoms with Gasteiger partial charge < -0.3 is 0 Å². The maximum absolute atomic E-state index is 5.71. The van der Waals surface area contributed by atoms with Gasteiger partial charge in [0.05, 0.1) is 0 Å². The van der Waals surface area contributed by atoms with Gasteiger partial charge in [0.1, 0.15) is 18.1 Å². The molecule has 4 nitrogen and oxygen atoms in total. The first-order chi connectivity index (χ1) is 5.29. The molecule has 4 heteroatoms. The minimum absolute atomic E-state index is 0.942. The van der Waals surface area contributed by atoms with E-state index in [9.17, 15) is 0 Å². The van der Waals surface area contributed by atoms with E-state index < -0.39 is 0 Å². The zero-order chi connectivity index (χ0) is 7.84. The van der Waals surface area contributed by atoms with E-state index in [2.05, 4.69) is 4.98 Å². The molecule has 0 aliphatic heterocycles. The van der Waals surface area contributed by atoms with Crippen molar-refractivity contribution in [3.63, 3.8) is 0 Å². The molecule has 0 amide bonds. The van der Waals surface area contributed by atoms with Crippen LogP contribution < -0.4 is 10.2 Å². The fourth-order valence-corrected chi connectivity index (χ4v) is 1.11. The lowest BCUT2D eigenvalue weighted by molar-refractivity contribution is -0.514.